The highest BCUT2D eigenvalue weighted by atomic mass is 35.5. The van der Waals surface area contributed by atoms with E-state index in [2.05, 4.69) is 10.0 Å². The molecule has 0 unspecified atom stereocenters. The molecule has 4 nitrogen and oxygen atoms in total. The minimum Gasteiger partial charge on any atom is -0.313 e. The van der Waals surface area contributed by atoms with Crippen LogP contribution >= 0.6 is 12.4 Å². The average molecular weight is 187 g/mol. The lowest BCUT2D eigenvalue weighted by Gasteiger charge is -2.26. The second-order valence-electron chi connectivity index (χ2n) is 2.25. The molecule has 2 N–H and O–H groups in total. The van der Waals surface area contributed by atoms with Crippen molar-refractivity contribution in [1.82, 2.24) is 10.0 Å². The Balaban J connectivity index is 0.000000810. The van der Waals surface area contributed by atoms with Gasteiger partial charge in [-0.15, -0.1) is 12.4 Å². The van der Waals surface area contributed by atoms with Gasteiger partial charge in [0.05, 0.1) is 6.26 Å². The highest BCUT2D eigenvalue weighted by Crippen LogP contribution is 1.91. The molecule has 6 heteroatoms. The molecule has 0 saturated carbocycles. The summed E-state index contributed by atoms with van der Waals surface area (Å²) in [6.07, 6.45) is 1.17. The lowest BCUT2D eigenvalue weighted by Crippen LogP contribution is -2.56. The highest BCUT2D eigenvalue weighted by Gasteiger charge is 2.19. The third kappa shape index (κ3) is 3.36. The minimum atomic E-state index is -2.97. The van der Waals surface area contributed by atoms with Gasteiger partial charge in [-0.25, -0.2) is 13.1 Å². The Hall–Kier alpha value is 0.160. The average Bonchev–Trinajstić information content (AvgIpc) is 1.53. The SMILES string of the molecule is CS(=O)(=O)NC1CNC1.Cl. The summed E-state index contributed by atoms with van der Waals surface area (Å²) in [5.41, 5.74) is 0. The predicted molar refractivity (Wildman–Crippen MR) is 41.9 cm³/mol. The lowest BCUT2D eigenvalue weighted by molar-refractivity contribution is 0.411. The molecule has 0 atom stereocenters. The normalized spacial score (nSPS) is 19.3. The summed E-state index contributed by atoms with van der Waals surface area (Å²) >= 11 is 0. The van der Waals surface area contributed by atoms with Gasteiger partial charge < -0.3 is 5.32 Å². The van der Waals surface area contributed by atoms with E-state index in [0.717, 1.165) is 13.1 Å². The molecule has 1 heterocycles. The molecule has 0 aromatic rings. The monoisotopic (exact) mass is 186 g/mol. The Kier molecular flexibility index (Phi) is 3.58. The molecule has 1 aliphatic heterocycles. The molecule has 1 rings (SSSR count). The van der Waals surface area contributed by atoms with E-state index in [1.807, 2.05) is 0 Å². The Morgan fingerprint density at radius 3 is 2.10 bits per heavy atom. The van der Waals surface area contributed by atoms with Gasteiger partial charge in [-0.1, -0.05) is 0 Å². The number of halogens is 1. The van der Waals surface area contributed by atoms with E-state index < -0.39 is 10.0 Å². The van der Waals surface area contributed by atoms with E-state index in [9.17, 15) is 8.42 Å². The summed E-state index contributed by atoms with van der Waals surface area (Å²) in [5.74, 6) is 0. The predicted octanol–water partition coefficient (Wildman–Crippen LogP) is -1.07. The van der Waals surface area contributed by atoms with Crippen molar-refractivity contribution < 1.29 is 8.42 Å². The van der Waals surface area contributed by atoms with Crippen LogP contribution in [0.25, 0.3) is 0 Å². The van der Waals surface area contributed by atoms with Crippen LogP contribution in [0.5, 0.6) is 0 Å². The van der Waals surface area contributed by atoms with Crippen LogP contribution in [-0.2, 0) is 10.0 Å². The molecule has 62 valence electrons. The Morgan fingerprint density at radius 2 is 2.00 bits per heavy atom. The second-order valence-corrected chi connectivity index (χ2v) is 4.03. The Morgan fingerprint density at radius 1 is 1.50 bits per heavy atom. The van der Waals surface area contributed by atoms with Gasteiger partial charge in [-0.05, 0) is 0 Å². The maximum atomic E-state index is 10.5. The molecular weight excluding hydrogens is 176 g/mol. The molecule has 1 saturated heterocycles. The first kappa shape index (κ1) is 10.2. The van der Waals surface area contributed by atoms with E-state index in [1.165, 1.54) is 6.26 Å². The zero-order valence-corrected chi connectivity index (χ0v) is 7.26. The van der Waals surface area contributed by atoms with E-state index in [0.29, 0.717) is 0 Å². The third-order valence-corrected chi connectivity index (χ3v) is 1.92. The number of hydrogen-bond acceptors (Lipinski definition) is 3. The van der Waals surface area contributed by atoms with Crippen molar-refractivity contribution in [1.29, 1.82) is 0 Å². The number of rotatable bonds is 2. The molecular formula is C4H11ClN2O2S. The smallest absolute Gasteiger partial charge is 0.209 e. The quantitative estimate of drug-likeness (QED) is 0.578. The van der Waals surface area contributed by atoms with Crippen LogP contribution in [0.15, 0.2) is 0 Å². The lowest BCUT2D eigenvalue weighted by atomic mass is 10.2. The van der Waals surface area contributed by atoms with Gasteiger partial charge in [0.2, 0.25) is 10.0 Å². The van der Waals surface area contributed by atoms with Gasteiger partial charge in [0.15, 0.2) is 0 Å². The summed E-state index contributed by atoms with van der Waals surface area (Å²) < 4.78 is 23.5. The number of sulfonamides is 1. The number of hydrogen-bond donors (Lipinski definition) is 2. The van der Waals surface area contributed by atoms with Crippen LogP contribution in [0.4, 0.5) is 0 Å². The fourth-order valence-corrected chi connectivity index (χ4v) is 1.45. The van der Waals surface area contributed by atoms with Crippen LogP contribution in [0, 0.1) is 0 Å². The fourth-order valence-electron chi connectivity index (χ4n) is 0.675. The molecule has 0 radical (unpaired) electrons. The second kappa shape index (κ2) is 3.52. The molecule has 10 heavy (non-hydrogen) atoms. The van der Waals surface area contributed by atoms with Gasteiger partial charge in [0.25, 0.3) is 0 Å². The molecule has 1 aliphatic rings. The van der Waals surface area contributed by atoms with E-state index in [-0.39, 0.29) is 18.4 Å². The molecule has 0 aromatic carbocycles. The van der Waals surface area contributed by atoms with Crippen LogP contribution in [0.2, 0.25) is 0 Å². The largest absolute Gasteiger partial charge is 0.313 e. The molecule has 0 spiro atoms. The van der Waals surface area contributed by atoms with E-state index in [1.54, 1.807) is 0 Å². The van der Waals surface area contributed by atoms with Crippen LogP contribution in [0.3, 0.4) is 0 Å². The summed E-state index contributed by atoms with van der Waals surface area (Å²) in [7, 11) is -2.97. The summed E-state index contributed by atoms with van der Waals surface area (Å²) in [6, 6.07) is 0.125. The Bertz CT molecular complexity index is 187. The fraction of sp³-hybridized carbons (Fsp3) is 1.00. The van der Waals surface area contributed by atoms with Crippen molar-refractivity contribution in [3.05, 3.63) is 0 Å². The first-order valence-corrected chi connectivity index (χ1v) is 4.65. The summed E-state index contributed by atoms with van der Waals surface area (Å²) in [6.45, 7) is 1.51. The van der Waals surface area contributed by atoms with E-state index >= 15 is 0 Å². The zero-order valence-electron chi connectivity index (χ0n) is 5.62. The van der Waals surface area contributed by atoms with Crippen LogP contribution in [0.1, 0.15) is 0 Å². The summed E-state index contributed by atoms with van der Waals surface area (Å²) in [5, 5.41) is 2.96. The van der Waals surface area contributed by atoms with Gasteiger partial charge in [-0.2, -0.15) is 0 Å². The van der Waals surface area contributed by atoms with Crippen LogP contribution < -0.4 is 10.0 Å². The molecule has 0 bridgehead atoms. The molecule has 1 fully saturated rings. The standard InChI is InChI=1S/C4H10N2O2S.ClH/c1-9(7,8)6-4-2-5-3-4;/h4-6H,2-3H2,1H3;1H. The topological polar surface area (TPSA) is 58.2 Å². The highest BCUT2D eigenvalue weighted by molar-refractivity contribution is 7.88. The maximum Gasteiger partial charge on any atom is 0.209 e. The van der Waals surface area contributed by atoms with Crippen molar-refractivity contribution in [2.45, 2.75) is 6.04 Å². The van der Waals surface area contributed by atoms with Crippen molar-refractivity contribution in [2.24, 2.45) is 0 Å². The molecule has 0 aliphatic carbocycles. The van der Waals surface area contributed by atoms with Crippen molar-refractivity contribution in [3.8, 4) is 0 Å². The zero-order chi connectivity index (χ0) is 6.91. The third-order valence-electron chi connectivity index (χ3n) is 1.16. The maximum absolute atomic E-state index is 10.5. The van der Waals surface area contributed by atoms with Gasteiger partial charge in [0, 0.05) is 19.1 Å². The molecule has 0 amide bonds. The first-order chi connectivity index (χ1) is 4.08. The first-order valence-electron chi connectivity index (χ1n) is 2.76. The molecule has 0 aromatic heterocycles. The van der Waals surface area contributed by atoms with Crippen molar-refractivity contribution in [2.75, 3.05) is 19.3 Å². The van der Waals surface area contributed by atoms with Gasteiger partial charge in [-0.3, -0.25) is 0 Å². The van der Waals surface area contributed by atoms with Crippen molar-refractivity contribution in [3.63, 3.8) is 0 Å². The van der Waals surface area contributed by atoms with E-state index in [4.69, 9.17) is 0 Å². The summed E-state index contributed by atoms with van der Waals surface area (Å²) in [4.78, 5) is 0. The Labute approximate surface area is 66.8 Å². The van der Waals surface area contributed by atoms with Gasteiger partial charge >= 0.3 is 0 Å². The minimum absolute atomic E-state index is 0. The van der Waals surface area contributed by atoms with Gasteiger partial charge in [0.1, 0.15) is 0 Å². The number of nitrogens with one attached hydrogen (secondary N) is 2. The van der Waals surface area contributed by atoms with Crippen molar-refractivity contribution >= 4 is 22.4 Å². The van der Waals surface area contributed by atoms with Crippen LogP contribution in [-0.4, -0.2) is 33.8 Å².